The fraction of sp³-hybridized carbons (Fsp3) is 0.364. The number of carbonyl (C=O) groups is 2. The molecule has 0 spiro atoms. The molecule has 1 aliphatic heterocycles. The molecule has 0 aliphatic carbocycles. The highest BCUT2D eigenvalue weighted by Gasteiger charge is 2.19. The third-order valence-corrected chi connectivity index (χ3v) is 5.33. The second-order valence-electron chi connectivity index (χ2n) is 7.12. The van der Waals surface area contributed by atoms with Gasteiger partial charge in [0.25, 0.3) is 5.91 Å². The van der Waals surface area contributed by atoms with Crippen LogP contribution in [0.5, 0.6) is 5.75 Å². The van der Waals surface area contributed by atoms with E-state index in [-0.39, 0.29) is 25.0 Å². The van der Waals surface area contributed by atoms with Gasteiger partial charge >= 0.3 is 0 Å². The predicted octanol–water partition coefficient (Wildman–Crippen LogP) is 3.81. The van der Waals surface area contributed by atoms with E-state index >= 15 is 0 Å². The smallest absolute Gasteiger partial charge is 0.262 e. The Morgan fingerprint density at radius 1 is 1.31 bits per heavy atom. The van der Waals surface area contributed by atoms with Crippen LogP contribution >= 0.6 is 11.6 Å². The van der Waals surface area contributed by atoms with Crippen molar-refractivity contribution in [3.63, 3.8) is 0 Å². The number of amides is 2. The van der Waals surface area contributed by atoms with Crippen LogP contribution in [0, 0.1) is 0 Å². The lowest BCUT2D eigenvalue weighted by molar-refractivity contribution is -0.120. The zero-order chi connectivity index (χ0) is 20.8. The maximum atomic E-state index is 12.3. The number of ether oxygens (including phenoxy) is 1. The molecule has 2 N–H and O–H groups in total. The van der Waals surface area contributed by atoms with Gasteiger partial charge in [-0.2, -0.15) is 0 Å². The molecule has 3 rings (SSSR count). The van der Waals surface area contributed by atoms with E-state index < -0.39 is 0 Å². The minimum absolute atomic E-state index is 0.0282. The van der Waals surface area contributed by atoms with Crippen LogP contribution in [-0.2, 0) is 9.59 Å². The van der Waals surface area contributed by atoms with Gasteiger partial charge in [-0.3, -0.25) is 9.59 Å². The highest BCUT2D eigenvalue weighted by atomic mass is 35.5. The van der Waals surface area contributed by atoms with Gasteiger partial charge in [0.2, 0.25) is 5.91 Å². The zero-order valence-electron chi connectivity index (χ0n) is 16.7. The number of rotatable bonds is 7. The summed E-state index contributed by atoms with van der Waals surface area (Å²) in [6, 6.07) is 13.1. The molecule has 1 heterocycles. The van der Waals surface area contributed by atoms with Crippen LogP contribution in [0.3, 0.4) is 0 Å². The molecule has 0 bridgehead atoms. The maximum Gasteiger partial charge on any atom is 0.262 e. The van der Waals surface area contributed by atoms with Crippen molar-refractivity contribution < 1.29 is 14.3 Å². The Kier molecular flexibility index (Phi) is 6.99. The van der Waals surface area contributed by atoms with E-state index in [4.69, 9.17) is 16.3 Å². The Balaban J connectivity index is 1.60. The Bertz CT molecular complexity index is 887. The van der Waals surface area contributed by atoms with E-state index in [0.29, 0.717) is 29.7 Å². The topological polar surface area (TPSA) is 70.7 Å². The van der Waals surface area contributed by atoms with Crippen LogP contribution < -0.4 is 20.3 Å². The molecule has 1 saturated heterocycles. The van der Waals surface area contributed by atoms with Gasteiger partial charge in [-0.15, -0.1) is 0 Å². The molecule has 1 unspecified atom stereocenters. The Labute approximate surface area is 176 Å². The summed E-state index contributed by atoms with van der Waals surface area (Å²) < 4.78 is 5.76. The highest BCUT2D eigenvalue weighted by molar-refractivity contribution is 6.33. The maximum absolute atomic E-state index is 12.3. The first-order valence-electron chi connectivity index (χ1n) is 9.80. The fourth-order valence-corrected chi connectivity index (χ4v) is 3.56. The van der Waals surface area contributed by atoms with Crippen LogP contribution in [0.1, 0.15) is 31.7 Å². The van der Waals surface area contributed by atoms with Gasteiger partial charge in [-0.25, -0.2) is 0 Å². The van der Waals surface area contributed by atoms with E-state index in [2.05, 4.69) is 24.5 Å². The van der Waals surface area contributed by atoms with Gasteiger partial charge in [0, 0.05) is 18.8 Å². The van der Waals surface area contributed by atoms with E-state index in [0.717, 1.165) is 23.4 Å². The van der Waals surface area contributed by atoms with Crippen molar-refractivity contribution >= 4 is 34.8 Å². The van der Waals surface area contributed by atoms with Crippen molar-refractivity contribution in [1.29, 1.82) is 0 Å². The van der Waals surface area contributed by atoms with Crippen LogP contribution in [0.25, 0.3) is 0 Å². The normalized spacial score (nSPS) is 14.9. The molecule has 2 aromatic carbocycles. The number of nitrogens with one attached hydrogen (secondary N) is 2. The van der Waals surface area contributed by atoms with Crippen molar-refractivity contribution in [2.24, 2.45) is 0 Å². The number of nitrogens with zero attached hydrogens (tertiary/aromatic N) is 1. The summed E-state index contributed by atoms with van der Waals surface area (Å²) in [7, 11) is 0. The van der Waals surface area contributed by atoms with Gasteiger partial charge in [-0.1, -0.05) is 43.6 Å². The zero-order valence-corrected chi connectivity index (χ0v) is 17.5. The number of hydrogen-bond donors (Lipinski definition) is 2. The molecule has 2 amide bonds. The minimum atomic E-state index is -0.259. The molecule has 1 atom stereocenters. The molecular formula is C22H26ClN3O3. The minimum Gasteiger partial charge on any atom is -0.483 e. The lowest BCUT2D eigenvalue weighted by Gasteiger charge is -2.29. The second-order valence-corrected chi connectivity index (χ2v) is 7.53. The number of para-hydroxylation sites is 1. The molecule has 0 radical (unpaired) electrons. The number of piperazine rings is 1. The Morgan fingerprint density at radius 3 is 2.83 bits per heavy atom. The number of benzene rings is 2. The lowest BCUT2D eigenvalue weighted by atomic mass is 9.98. The Morgan fingerprint density at radius 2 is 2.10 bits per heavy atom. The molecule has 6 nitrogen and oxygen atoms in total. The van der Waals surface area contributed by atoms with Gasteiger partial charge in [0.1, 0.15) is 5.75 Å². The van der Waals surface area contributed by atoms with E-state index in [1.807, 2.05) is 35.2 Å². The molecular weight excluding hydrogens is 390 g/mol. The van der Waals surface area contributed by atoms with Crippen molar-refractivity contribution in [3.05, 3.63) is 53.1 Å². The molecule has 0 aromatic heterocycles. The third-order valence-electron chi connectivity index (χ3n) is 5.03. The molecule has 1 aliphatic rings. The molecule has 7 heteroatoms. The van der Waals surface area contributed by atoms with Crippen molar-refractivity contribution in [2.75, 3.05) is 36.5 Å². The summed E-state index contributed by atoms with van der Waals surface area (Å²) in [4.78, 5) is 25.8. The van der Waals surface area contributed by atoms with Gasteiger partial charge in [-0.05, 0) is 42.2 Å². The second kappa shape index (κ2) is 9.65. The number of carbonyl (C=O) groups excluding carboxylic acids is 2. The largest absolute Gasteiger partial charge is 0.483 e. The average molecular weight is 416 g/mol. The summed E-state index contributed by atoms with van der Waals surface area (Å²) in [6.07, 6.45) is 0.996. The number of anilines is 2. The van der Waals surface area contributed by atoms with Crippen LogP contribution in [0.4, 0.5) is 11.4 Å². The van der Waals surface area contributed by atoms with Crippen LogP contribution in [0.2, 0.25) is 5.02 Å². The summed E-state index contributed by atoms with van der Waals surface area (Å²) in [5.41, 5.74) is 2.46. The molecule has 0 saturated carbocycles. The first-order valence-corrected chi connectivity index (χ1v) is 10.2. The first-order chi connectivity index (χ1) is 14.0. The Hall–Kier alpha value is -2.73. The number of halogens is 1. The standard InChI is InChI=1S/C22H26ClN3O3/c1-3-15(2)17-6-4-5-7-20(17)29-14-22(28)25-16-8-9-19(18(23)12-16)26-11-10-24-21(27)13-26/h4-9,12,15H,3,10-11,13-14H2,1-2H3,(H,24,27)(H,25,28). The van der Waals surface area contributed by atoms with Crippen molar-refractivity contribution in [2.45, 2.75) is 26.2 Å². The quantitative estimate of drug-likeness (QED) is 0.721. The molecule has 1 fully saturated rings. The van der Waals surface area contributed by atoms with Crippen LogP contribution in [0.15, 0.2) is 42.5 Å². The third kappa shape index (κ3) is 5.41. The monoisotopic (exact) mass is 415 g/mol. The summed E-state index contributed by atoms with van der Waals surface area (Å²) >= 11 is 6.38. The fourth-order valence-electron chi connectivity index (χ4n) is 3.26. The van der Waals surface area contributed by atoms with Gasteiger partial charge in [0.05, 0.1) is 17.3 Å². The van der Waals surface area contributed by atoms with E-state index in [9.17, 15) is 9.59 Å². The summed E-state index contributed by atoms with van der Waals surface area (Å²) in [5.74, 6) is 0.802. The summed E-state index contributed by atoms with van der Waals surface area (Å²) in [6.45, 7) is 5.73. The van der Waals surface area contributed by atoms with Crippen LogP contribution in [-0.4, -0.2) is 38.1 Å². The van der Waals surface area contributed by atoms with E-state index in [1.54, 1.807) is 12.1 Å². The van der Waals surface area contributed by atoms with Gasteiger partial charge in [0.15, 0.2) is 6.61 Å². The van der Waals surface area contributed by atoms with E-state index in [1.165, 1.54) is 0 Å². The predicted molar refractivity (Wildman–Crippen MR) is 116 cm³/mol. The first kappa shape index (κ1) is 21.0. The van der Waals surface area contributed by atoms with Crippen molar-refractivity contribution in [1.82, 2.24) is 5.32 Å². The number of hydrogen-bond acceptors (Lipinski definition) is 4. The molecule has 29 heavy (non-hydrogen) atoms. The lowest BCUT2D eigenvalue weighted by Crippen LogP contribution is -2.47. The molecule has 154 valence electrons. The SMILES string of the molecule is CCC(C)c1ccccc1OCC(=O)Nc1ccc(N2CCNC(=O)C2)c(Cl)c1. The van der Waals surface area contributed by atoms with Gasteiger partial charge < -0.3 is 20.3 Å². The summed E-state index contributed by atoms with van der Waals surface area (Å²) in [5, 5.41) is 6.08. The highest BCUT2D eigenvalue weighted by Crippen LogP contribution is 2.30. The average Bonchev–Trinajstić information content (AvgIpc) is 2.72. The van der Waals surface area contributed by atoms with Crippen molar-refractivity contribution in [3.8, 4) is 5.75 Å². The molecule has 2 aromatic rings.